The molecule has 2 atom stereocenters. The SMILES string of the molecule is NC1CCCC1N1CCNC(=O)CC1. The van der Waals surface area contributed by atoms with E-state index >= 15 is 0 Å². The molecule has 14 heavy (non-hydrogen) atoms. The first-order valence-corrected chi connectivity index (χ1v) is 5.54. The standard InChI is InChI=1S/C10H19N3O/c11-8-2-1-3-9(8)13-6-4-10(14)12-5-7-13/h8-9H,1-7,11H2,(H,12,14). The second kappa shape index (κ2) is 4.28. The maximum Gasteiger partial charge on any atom is 0.221 e. The van der Waals surface area contributed by atoms with Crippen LogP contribution in [0.5, 0.6) is 0 Å². The minimum absolute atomic E-state index is 0.180. The summed E-state index contributed by atoms with van der Waals surface area (Å²) in [5.41, 5.74) is 6.05. The number of nitrogens with zero attached hydrogens (tertiary/aromatic N) is 1. The minimum atomic E-state index is 0.180. The summed E-state index contributed by atoms with van der Waals surface area (Å²) in [7, 11) is 0. The molecule has 2 aliphatic rings. The normalized spacial score (nSPS) is 35.4. The highest BCUT2D eigenvalue weighted by Crippen LogP contribution is 2.23. The average Bonchev–Trinajstić information content (AvgIpc) is 2.46. The maximum absolute atomic E-state index is 11.2. The van der Waals surface area contributed by atoms with Gasteiger partial charge in [0.25, 0.3) is 0 Å². The second-order valence-corrected chi connectivity index (χ2v) is 4.30. The predicted molar refractivity (Wildman–Crippen MR) is 54.8 cm³/mol. The van der Waals surface area contributed by atoms with E-state index in [1.807, 2.05) is 0 Å². The third-order valence-electron chi connectivity index (χ3n) is 3.35. The van der Waals surface area contributed by atoms with Crippen molar-refractivity contribution in [3.63, 3.8) is 0 Å². The molecule has 1 saturated heterocycles. The van der Waals surface area contributed by atoms with Gasteiger partial charge < -0.3 is 11.1 Å². The average molecular weight is 197 g/mol. The van der Waals surface area contributed by atoms with Crippen molar-refractivity contribution < 1.29 is 4.79 Å². The van der Waals surface area contributed by atoms with Crippen LogP contribution in [0.2, 0.25) is 0 Å². The summed E-state index contributed by atoms with van der Waals surface area (Å²) in [5.74, 6) is 0.180. The minimum Gasteiger partial charge on any atom is -0.355 e. The van der Waals surface area contributed by atoms with E-state index in [-0.39, 0.29) is 5.91 Å². The van der Waals surface area contributed by atoms with E-state index in [1.165, 1.54) is 12.8 Å². The van der Waals surface area contributed by atoms with Gasteiger partial charge in [0.2, 0.25) is 5.91 Å². The summed E-state index contributed by atoms with van der Waals surface area (Å²) in [6, 6.07) is 0.839. The highest BCUT2D eigenvalue weighted by molar-refractivity contribution is 5.76. The quantitative estimate of drug-likeness (QED) is 0.606. The van der Waals surface area contributed by atoms with Crippen molar-refractivity contribution in [2.24, 2.45) is 5.73 Å². The van der Waals surface area contributed by atoms with Crippen LogP contribution < -0.4 is 11.1 Å². The fourth-order valence-corrected chi connectivity index (χ4v) is 2.54. The van der Waals surface area contributed by atoms with Gasteiger partial charge in [-0.15, -0.1) is 0 Å². The van der Waals surface area contributed by atoms with Gasteiger partial charge in [-0.1, -0.05) is 6.42 Å². The van der Waals surface area contributed by atoms with E-state index in [2.05, 4.69) is 10.2 Å². The Kier molecular flexibility index (Phi) is 3.03. The van der Waals surface area contributed by atoms with Crippen molar-refractivity contribution in [2.45, 2.75) is 37.8 Å². The first kappa shape index (κ1) is 9.93. The van der Waals surface area contributed by atoms with Crippen molar-refractivity contribution in [3.05, 3.63) is 0 Å². The molecule has 3 N–H and O–H groups in total. The van der Waals surface area contributed by atoms with Crippen LogP contribution in [-0.2, 0) is 4.79 Å². The van der Waals surface area contributed by atoms with Crippen LogP contribution in [0.1, 0.15) is 25.7 Å². The van der Waals surface area contributed by atoms with Gasteiger partial charge in [0.15, 0.2) is 0 Å². The number of hydrogen-bond acceptors (Lipinski definition) is 3. The molecule has 80 valence electrons. The number of rotatable bonds is 1. The van der Waals surface area contributed by atoms with Crippen LogP contribution >= 0.6 is 0 Å². The van der Waals surface area contributed by atoms with Crippen molar-refractivity contribution in [2.75, 3.05) is 19.6 Å². The summed E-state index contributed by atoms with van der Waals surface area (Å²) in [4.78, 5) is 13.5. The Morgan fingerprint density at radius 1 is 1.36 bits per heavy atom. The lowest BCUT2D eigenvalue weighted by Crippen LogP contribution is -2.45. The van der Waals surface area contributed by atoms with E-state index < -0.39 is 0 Å². The van der Waals surface area contributed by atoms with Crippen molar-refractivity contribution in [3.8, 4) is 0 Å². The molecule has 0 aromatic heterocycles. The topological polar surface area (TPSA) is 58.4 Å². The van der Waals surface area contributed by atoms with Gasteiger partial charge in [0, 0.05) is 38.1 Å². The lowest BCUT2D eigenvalue weighted by atomic mass is 10.1. The van der Waals surface area contributed by atoms with Gasteiger partial charge in [-0.3, -0.25) is 9.69 Å². The van der Waals surface area contributed by atoms with E-state index in [0.29, 0.717) is 18.5 Å². The van der Waals surface area contributed by atoms with E-state index in [9.17, 15) is 4.79 Å². The van der Waals surface area contributed by atoms with Crippen molar-refractivity contribution in [1.29, 1.82) is 0 Å². The molecule has 4 heteroatoms. The summed E-state index contributed by atoms with van der Waals surface area (Å²) in [6.07, 6.45) is 4.21. The Morgan fingerprint density at radius 2 is 2.21 bits per heavy atom. The summed E-state index contributed by atoms with van der Waals surface area (Å²) in [6.45, 7) is 2.62. The van der Waals surface area contributed by atoms with Gasteiger partial charge in [0.05, 0.1) is 0 Å². The molecule has 0 radical (unpaired) electrons. The zero-order chi connectivity index (χ0) is 9.97. The Balaban J connectivity index is 1.93. The molecule has 2 rings (SSSR count). The fourth-order valence-electron chi connectivity index (χ4n) is 2.54. The molecule has 1 aliphatic heterocycles. The van der Waals surface area contributed by atoms with Crippen LogP contribution in [0.3, 0.4) is 0 Å². The fraction of sp³-hybridized carbons (Fsp3) is 0.900. The monoisotopic (exact) mass is 197 g/mol. The van der Waals surface area contributed by atoms with Crippen molar-refractivity contribution in [1.82, 2.24) is 10.2 Å². The first-order chi connectivity index (χ1) is 6.77. The number of nitrogens with one attached hydrogen (secondary N) is 1. The van der Waals surface area contributed by atoms with Crippen LogP contribution in [-0.4, -0.2) is 42.5 Å². The molecule has 4 nitrogen and oxygen atoms in total. The lowest BCUT2D eigenvalue weighted by Gasteiger charge is -2.29. The smallest absolute Gasteiger partial charge is 0.221 e. The summed E-state index contributed by atoms with van der Waals surface area (Å²) in [5, 5.41) is 2.89. The molecule has 0 spiro atoms. The molecule has 1 aliphatic carbocycles. The molecular formula is C10H19N3O. The Hall–Kier alpha value is -0.610. The van der Waals surface area contributed by atoms with Gasteiger partial charge >= 0.3 is 0 Å². The zero-order valence-corrected chi connectivity index (χ0v) is 8.54. The zero-order valence-electron chi connectivity index (χ0n) is 8.54. The van der Waals surface area contributed by atoms with Gasteiger partial charge in [-0.25, -0.2) is 0 Å². The highest BCUT2D eigenvalue weighted by atomic mass is 16.1. The number of amides is 1. The number of hydrogen-bond donors (Lipinski definition) is 2. The van der Waals surface area contributed by atoms with Crippen LogP contribution in [0.4, 0.5) is 0 Å². The van der Waals surface area contributed by atoms with Gasteiger partial charge in [-0.2, -0.15) is 0 Å². The predicted octanol–water partition coefficient (Wildman–Crippen LogP) is -0.312. The van der Waals surface area contributed by atoms with E-state index in [1.54, 1.807) is 0 Å². The van der Waals surface area contributed by atoms with Gasteiger partial charge in [-0.05, 0) is 12.8 Å². The molecule has 2 unspecified atom stereocenters. The molecule has 1 amide bonds. The number of nitrogens with two attached hydrogens (primary N) is 1. The summed E-state index contributed by atoms with van der Waals surface area (Å²) >= 11 is 0. The maximum atomic E-state index is 11.2. The van der Waals surface area contributed by atoms with Crippen LogP contribution in [0, 0.1) is 0 Å². The van der Waals surface area contributed by atoms with Crippen molar-refractivity contribution >= 4 is 5.91 Å². The number of carbonyl (C=O) groups is 1. The molecule has 2 fully saturated rings. The van der Waals surface area contributed by atoms with Crippen LogP contribution in [0.25, 0.3) is 0 Å². The Bertz CT molecular complexity index is 219. The molecular weight excluding hydrogens is 178 g/mol. The van der Waals surface area contributed by atoms with Gasteiger partial charge in [0.1, 0.15) is 0 Å². The summed E-state index contributed by atoms with van der Waals surface area (Å²) < 4.78 is 0. The second-order valence-electron chi connectivity index (χ2n) is 4.30. The Labute approximate surface area is 84.8 Å². The van der Waals surface area contributed by atoms with E-state index in [0.717, 1.165) is 26.1 Å². The first-order valence-electron chi connectivity index (χ1n) is 5.54. The molecule has 0 aromatic rings. The highest BCUT2D eigenvalue weighted by Gasteiger charge is 2.30. The number of carbonyl (C=O) groups excluding carboxylic acids is 1. The molecule has 0 bridgehead atoms. The third kappa shape index (κ3) is 2.07. The molecule has 1 saturated carbocycles. The largest absolute Gasteiger partial charge is 0.355 e. The molecule has 1 heterocycles. The lowest BCUT2D eigenvalue weighted by molar-refractivity contribution is -0.120. The molecule has 0 aromatic carbocycles. The third-order valence-corrected chi connectivity index (χ3v) is 3.35. The van der Waals surface area contributed by atoms with Crippen LogP contribution in [0.15, 0.2) is 0 Å². The Morgan fingerprint density at radius 3 is 2.93 bits per heavy atom. The van der Waals surface area contributed by atoms with E-state index in [4.69, 9.17) is 5.73 Å².